The van der Waals surface area contributed by atoms with Crippen LogP contribution in [0.2, 0.25) is 0 Å². The van der Waals surface area contributed by atoms with Gasteiger partial charge in [0.2, 0.25) is 5.95 Å². The molecule has 4 rings (SSSR count). The molecule has 136 valence electrons. The lowest BCUT2D eigenvalue weighted by Gasteiger charge is -2.20. The third kappa shape index (κ3) is 2.13. The van der Waals surface area contributed by atoms with Crippen LogP contribution in [0, 0.1) is 0 Å². The van der Waals surface area contributed by atoms with Crippen molar-refractivity contribution in [2.75, 3.05) is 11.9 Å². The van der Waals surface area contributed by atoms with Crippen LogP contribution in [-0.4, -0.2) is 75.3 Å². The maximum atomic E-state index is 12.6. The molecule has 6 N–H and O–H groups in total. The second-order valence-corrected chi connectivity index (χ2v) is 6.31. The molecule has 0 saturated carbocycles. The third-order valence-corrected chi connectivity index (χ3v) is 4.53. The number of rotatable bonds is 2. The van der Waals surface area contributed by atoms with E-state index < -0.39 is 48.7 Å². The van der Waals surface area contributed by atoms with Crippen LogP contribution in [0.4, 0.5) is 5.95 Å². The van der Waals surface area contributed by atoms with E-state index in [1.165, 1.54) is 17.8 Å². The molecule has 1 saturated heterocycles. The molecule has 1 fully saturated rings. The Hall–Kier alpha value is -2.09. The van der Waals surface area contributed by atoms with E-state index in [2.05, 4.69) is 15.3 Å². The van der Waals surface area contributed by atoms with Crippen LogP contribution < -0.4 is 10.9 Å². The highest BCUT2D eigenvalue weighted by Crippen LogP contribution is 2.33. The van der Waals surface area contributed by atoms with E-state index >= 15 is 0 Å². The highest BCUT2D eigenvalue weighted by molar-refractivity contribution is 5.72. The summed E-state index contributed by atoms with van der Waals surface area (Å²) in [6.45, 7) is 0.785. The zero-order valence-electron chi connectivity index (χ0n) is 13.0. The van der Waals surface area contributed by atoms with E-state index in [1.807, 2.05) is 0 Å². The molecule has 12 heteroatoms. The van der Waals surface area contributed by atoms with E-state index in [0.717, 1.165) is 4.57 Å². The number of nitrogens with zero attached hydrogens (tertiary/aromatic N) is 4. The van der Waals surface area contributed by atoms with Crippen LogP contribution >= 0.6 is 0 Å². The molecule has 0 aliphatic carbocycles. The number of imidazole rings is 1. The standard InChI is InChI=1S/C13H17N5O7/c1-13(24)11(23)18-9(22)5-8(15-12(18)16-13)17(3-14-5)10-7(21)6(20)4(2-19)25-10/h3-4,6-7,10-11,19-21,23-24H,2H2,1H3,(H,15,16)/t4-,6+,7+,10-,11-,13+/m0/s1. The number of hydrogen-bond acceptors (Lipinski definition) is 10. The lowest BCUT2D eigenvalue weighted by molar-refractivity contribution is -0.0676. The minimum atomic E-state index is -1.79. The van der Waals surface area contributed by atoms with Gasteiger partial charge in [0, 0.05) is 0 Å². The molecule has 4 heterocycles. The van der Waals surface area contributed by atoms with Crippen LogP contribution in [0.5, 0.6) is 0 Å². The first-order valence-corrected chi connectivity index (χ1v) is 7.56. The molecular weight excluding hydrogens is 338 g/mol. The molecule has 0 bridgehead atoms. The number of fused-ring (bicyclic) bond motifs is 2. The lowest BCUT2D eigenvalue weighted by Crippen LogP contribution is -2.38. The van der Waals surface area contributed by atoms with Gasteiger partial charge in [-0.15, -0.1) is 0 Å². The first-order chi connectivity index (χ1) is 11.8. The molecule has 0 spiro atoms. The van der Waals surface area contributed by atoms with Crippen molar-refractivity contribution >= 4 is 17.1 Å². The monoisotopic (exact) mass is 355 g/mol. The summed E-state index contributed by atoms with van der Waals surface area (Å²) in [5.74, 6) is -0.0801. The van der Waals surface area contributed by atoms with Gasteiger partial charge >= 0.3 is 0 Å². The van der Waals surface area contributed by atoms with Crippen molar-refractivity contribution in [2.45, 2.75) is 43.4 Å². The maximum absolute atomic E-state index is 12.6. The van der Waals surface area contributed by atoms with Gasteiger partial charge < -0.3 is 35.6 Å². The fraction of sp³-hybridized carbons (Fsp3) is 0.615. The van der Waals surface area contributed by atoms with Crippen LogP contribution in [0.3, 0.4) is 0 Å². The summed E-state index contributed by atoms with van der Waals surface area (Å²) < 4.78 is 7.54. The molecule has 2 aromatic rings. The van der Waals surface area contributed by atoms with Gasteiger partial charge in [-0.2, -0.15) is 4.98 Å². The Morgan fingerprint density at radius 2 is 2.08 bits per heavy atom. The predicted octanol–water partition coefficient (Wildman–Crippen LogP) is -3.17. The number of anilines is 1. The number of hydrogen-bond donors (Lipinski definition) is 6. The summed E-state index contributed by atoms with van der Waals surface area (Å²) in [7, 11) is 0. The van der Waals surface area contributed by atoms with Crippen LogP contribution in [0.25, 0.3) is 11.2 Å². The first-order valence-electron chi connectivity index (χ1n) is 7.56. The molecule has 2 aromatic heterocycles. The van der Waals surface area contributed by atoms with Crippen molar-refractivity contribution < 1.29 is 30.3 Å². The maximum Gasteiger partial charge on any atom is 0.285 e. The quantitative estimate of drug-likeness (QED) is 0.322. The van der Waals surface area contributed by atoms with Crippen molar-refractivity contribution in [1.29, 1.82) is 0 Å². The van der Waals surface area contributed by atoms with Gasteiger partial charge in [-0.1, -0.05) is 0 Å². The molecule has 0 amide bonds. The summed E-state index contributed by atoms with van der Waals surface area (Å²) >= 11 is 0. The number of ether oxygens (including phenoxy) is 1. The largest absolute Gasteiger partial charge is 0.394 e. The number of nitrogens with one attached hydrogen (secondary N) is 1. The summed E-state index contributed by atoms with van der Waals surface area (Å²) in [6, 6.07) is 0. The summed E-state index contributed by atoms with van der Waals surface area (Å²) in [4.78, 5) is 20.7. The molecule has 12 nitrogen and oxygen atoms in total. The average molecular weight is 355 g/mol. The number of aromatic nitrogens is 4. The van der Waals surface area contributed by atoms with Crippen molar-refractivity contribution in [3.8, 4) is 0 Å². The fourth-order valence-corrected chi connectivity index (χ4v) is 3.13. The highest BCUT2D eigenvalue weighted by Gasteiger charge is 2.45. The Bertz CT molecular complexity index is 893. The van der Waals surface area contributed by atoms with Crippen LogP contribution in [0.15, 0.2) is 11.1 Å². The minimum absolute atomic E-state index is 0.0310. The highest BCUT2D eigenvalue weighted by atomic mass is 16.6. The van der Waals surface area contributed by atoms with Crippen molar-refractivity contribution in [3.63, 3.8) is 0 Å². The summed E-state index contributed by atoms with van der Waals surface area (Å²) in [6.07, 6.45) is -5.13. The molecule has 0 aromatic carbocycles. The van der Waals surface area contributed by atoms with Gasteiger partial charge in [0.1, 0.15) is 18.3 Å². The SMILES string of the molecule is C[C@]1(O)Nc2nc3c(ncn3[C@H]3O[C@@H](CO)[C@@H](O)[C@H]3O)c(=O)n2[C@H]1O. The Kier molecular flexibility index (Phi) is 3.41. The van der Waals surface area contributed by atoms with Crippen molar-refractivity contribution in [2.24, 2.45) is 0 Å². The van der Waals surface area contributed by atoms with Gasteiger partial charge in [-0.05, 0) is 6.92 Å². The van der Waals surface area contributed by atoms with E-state index in [0.29, 0.717) is 0 Å². The molecule has 2 aliphatic heterocycles. The Labute approximate surface area is 139 Å². The second kappa shape index (κ2) is 5.20. The van der Waals surface area contributed by atoms with Crippen LogP contribution in [-0.2, 0) is 4.74 Å². The fourth-order valence-electron chi connectivity index (χ4n) is 3.13. The molecule has 2 aliphatic rings. The van der Waals surface area contributed by atoms with Crippen molar-refractivity contribution in [1.82, 2.24) is 19.1 Å². The Morgan fingerprint density at radius 1 is 1.36 bits per heavy atom. The van der Waals surface area contributed by atoms with Gasteiger partial charge in [-0.3, -0.25) is 9.36 Å². The van der Waals surface area contributed by atoms with E-state index in [-0.39, 0.29) is 17.1 Å². The number of aliphatic hydroxyl groups is 5. The minimum Gasteiger partial charge on any atom is -0.394 e. The summed E-state index contributed by atoms with van der Waals surface area (Å²) in [5, 5.41) is 51.9. The van der Waals surface area contributed by atoms with E-state index in [1.54, 1.807) is 0 Å². The van der Waals surface area contributed by atoms with Gasteiger partial charge in [0.25, 0.3) is 5.56 Å². The Balaban J connectivity index is 1.85. The normalized spacial score (nSPS) is 37.4. The zero-order chi connectivity index (χ0) is 18.1. The smallest absolute Gasteiger partial charge is 0.285 e. The molecular formula is C13H17N5O7. The summed E-state index contributed by atoms with van der Waals surface area (Å²) in [5.41, 5.74) is -2.56. The van der Waals surface area contributed by atoms with Crippen molar-refractivity contribution in [3.05, 3.63) is 16.7 Å². The molecule has 6 atom stereocenters. The van der Waals surface area contributed by atoms with Crippen LogP contribution in [0.1, 0.15) is 19.4 Å². The zero-order valence-corrected chi connectivity index (χ0v) is 13.0. The molecule has 25 heavy (non-hydrogen) atoms. The second-order valence-electron chi connectivity index (χ2n) is 6.31. The topological polar surface area (TPSA) is 175 Å². The predicted molar refractivity (Wildman–Crippen MR) is 80.3 cm³/mol. The third-order valence-electron chi connectivity index (χ3n) is 4.53. The molecule has 0 unspecified atom stereocenters. The van der Waals surface area contributed by atoms with E-state index in [9.17, 15) is 30.3 Å². The first kappa shape index (κ1) is 16.4. The lowest BCUT2D eigenvalue weighted by atomic mass is 10.1. The molecule has 0 radical (unpaired) electrons. The van der Waals surface area contributed by atoms with Gasteiger partial charge in [-0.25, -0.2) is 9.55 Å². The van der Waals surface area contributed by atoms with Gasteiger partial charge in [0.15, 0.2) is 29.3 Å². The Morgan fingerprint density at radius 3 is 2.72 bits per heavy atom. The van der Waals surface area contributed by atoms with Gasteiger partial charge in [0.05, 0.1) is 12.9 Å². The van der Waals surface area contributed by atoms with E-state index in [4.69, 9.17) is 4.74 Å². The number of aliphatic hydroxyl groups excluding tert-OH is 4. The average Bonchev–Trinajstić information content (AvgIpc) is 3.16.